The summed E-state index contributed by atoms with van der Waals surface area (Å²) in [6.45, 7) is 0. The molecule has 1 aromatic heterocycles. The predicted molar refractivity (Wildman–Crippen MR) is 57.3 cm³/mol. The van der Waals surface area contributed by atoms with Crippen LogP contribution in [0.1, 0.15) is 25.7 Å². The fraction of sp³-hybridized carbons (Fsp3) is 0.700. The molecule has 0 saturated heterocycles. The smallest absolute Gasteiger partial charge is 0.0662 e. The molecule has 1 N–H and O–H groups in total. The Hall–Kier alpha value is -0.480. The van der Waals surface area contributed by atoms with Crippen molar-refractivity contribution in [2.75, 3.05) is 0 Å². The first kappa shape index (κ1) is 10.1. The molecule has 78 valence electrons. The zero-order valence-corrected chi connectivity index (χ0v) is 9.20. The van der Waals surface area contributed by atoms with Crippen LogP contribution in [0.2, 0.25) is 0 Å². The van der Waals surface area contributed by atoms with E-state index in [9.17, 15) is 5.11 Å². The highest BCUT2D eigenvalue weighted by Crippen LogP contribution is 2.33. The minimum Gasteiger partial charge on any atom is -0.392 e. The maximum atomic E-state index is 9.79. The lowest BCUT2D eigenvalue weighted by Gasteiger charge is -2.26. The summed E-state index contributed by atoms with van der Waals surface area (Å²) in [5.74, 6) is 0. The lowest BCUT2D eigenvalue weighted by atomic mass is 9.97. The van der Waals surface area contributed by atoms with E-state index >= 15 is 0 Å². The molecule has 0 bridgehead atoms. The van der Waals surface area contributed by atoms with Crippen molar-refractivity contribution in [3.05, 3.63) is 12.4 Å². The summed E-state index contributed by atoms with van der Waals surface area (Å²) in [6, 6.07) is 0. The van der Waals surface area contributed by atoms with Crippen molar-refractivity contribution < 1.29 is 5.11 Å². The standard InChI is InChI=1S/C10H16N2OS/c1-12-7-8(6-11-12)14-10-5-3-2-4-9(10)13/h6-7,9-10,13H,2-5H2,1H3/t9-,10-/m0/s1. The maximum absolute atomic E-state index is 9.79. The van der Waals surface area contributed by atoms with Crippen molar-refractivity contribution in [1.29, 1.82) is 0 Å². The maximum Gasteiger partial charge on any atom is 0.0662 e. The molecule has 1 saturated carbocycles. The topological polar surface area (TPSA) is 38.0 Å². The molecule has 0 aromatic carbocycles. The summed E-state index contributed by atoms with van der Waals surface area (Å²) in [5, 5.41) is 14.3. The first-order valence-corrected chi connectivity index (χ1v) is 5.97. The minimum atomic E-state index is -0.131. The second-order valence-electron chi connectivity index (χ2n) is 3.86. The number of aryl methyl sites for hydroxylation is 1. The van der Waals surface area contributed by atoms with Crippen LogP contribution in [0.3, 0.4) is 0 Å². The van der Waals surface area contributed by atoms with Crippen molar-refractivity contribution in [1.82, 2.24) is 9.78 Å². The first-order chi connectivity index (χ1) is 6.75. The van der Waals surface area contributed by atoms with Crippen molar-refractivity contribution in [3.8, 4) is 0 Å². The zero-order chi connectivity index (χ0) is 9.97. The van der Waals surface area contributed by atoms with Gasteiger partial charge < -0.3 is 5.11 Å². The molecule has 1 heterocycles. The third-order valence-electron chi connectivity index (χ3n) is 2.64. The summed E-state index contributed by atoms with van der Waals surface area (Å²) in [7, 11) is 1.92. The van der Waals surface area contributed by atoms with Crippen LogP contribution in [-0.2, 0) is 7.05 Å². The molecule has 3 nitrogen and oxygen atoms in total. The van der Waals surface area contributed by atoms with Crippen LogP contribution in [0, 0.1) is 0 Å². The lowest BCUT2D eigenvalue weighted by Crippen LogP contribution is -2.26. The largest absolute Gasteiger partial charge is 0.392 e. The van der Waals surface area contributed by atoms with Gasteiger partial charge in [0.2, 0.25) is 0 Å². The number of aliphatic hydroxyl groups is 1. The summed E-state index contributed by atoms with van der Waals surface area (Å²) in [4.78, 5) is 1.17. The fourth-order valence-electron chi connectivity index (χ4n) is 1.85. The third-order valence-corrected chi connectivity index (χ3v) is 3.97. The SMILES string of the molecule is Cn1cc(S[C@H]2CCCC[C@@H]2O)cn1. The summed E-state index contributed by atoms with van der Waals surface area (Å²) in [6.07, 6.45) is 8.24. The van der Waals surface area contributed by atoms with E-state index in [4.69, 9.17) is 0 Å². The van der Waals surface area contributed by atoms with Crippen molar-refractivity contribution in [3.63, 3.8) is 0 Å². The Balaban J connectivity index is 1.95. The Labute approximate surface area is 88.5 Å². The molecule has 1 aromatic rings. The number of rotatable bonds is 2. The molecular formula is C10H16N2OS. The average Bonchev–Trinajstić information content (AvgIpc) is 2.56. The van der Waals surface area contributed by atoms with Crippen LogP contribution in [0.4, 0.5) is 0 Å². The molecule has 2 rings (SSSR count). The number of nitrogens with zero attached hydrogens (tertiary/aromatic N) is 2. The summed E-state index contributed by atoms with van der Waals surface area (Å²) < 4.78 is 1.80. The molecule has 0 radical (unpaired) electrons. The third kappa shape index (κ3) is 2.30. The predicted octanol–water partition coefficient (Wildman–Crippen LogP) is 1.82. The van der Waals surface area contributed by atoms with Gasteiger partial charge in [0.15, 0.2) is 0 Å². The van der Waals surface area contributed by atoms with Gasteiger partial charge in [0.05, 0.1) is 12.3 Å². The lowest BCUT2D eigenvalue weighted by molar-refractivity contribution is 0.137. The van der Waals surface area contributed by atoms with Crippen LogP contribution in [-0.4, -0.2) is 26.2 Å². The molecule has 0 amide bonds. The molecule has 0 unspecified atom stereocenters. The van der Waals surface area contributed by atoms with Crippen molar-refractivity contribution >= 4 is 11.8 Å². The van der Waals surface area contributed by atoms with E-state index in [1.807, 2.05) is 19.4 Å². The van der Waals surface area contributed by atoms with E-state index in [-0.39, 0.29) is 6.10 Å². The summed E-state index contributed by atoms with van der Waals surface area (Å²) in [5.41, 5.74) is 0. The van der Waals surface area contributed by atoms with Crippen LogP contribution in [0.25, 0.3) is 0 Å². The molecular weight excluding hydrogens is 196 g/mol. The summed E-state index contributed by atoms with van der Waals surface area (Å²) >= 11 is 1.76. The number of aliphatic hydroxyl groups excluding tert-OH is 1. The first-order valence-electron chi connectivity index (χ1n) is 5.09. The Morgan fingerprint density at radius 1 is 1.50 bits per heavy atom. The average molecular weight is 212 g/mol. The molecule has 1 aliphatic carbocycles. The fourth-order valence-corrected chi connectivity index (χ4v) is 3.10. The van der Waals surface area contributed by atoms with Crippen molar-refractivity contribution in [2.24, 2.45) is 7.05 Å². The Bertz CT molecular complexity index is 300. The number of thioether (sulfide) groups is 1. The van der Waals surface area contributed by atoms with Crippen LogP contribution < -0.4 is 0 Å². The monoisotopic (exact) mass is 212 g/mol. The van der Waals surface area contributed by atoms with E-state index in [0.717, 1.165) is 12.8 Å². The Morgan fingerprint density at radius 2 is 2.29 bits per heavy atom. The molecule has 14 heavy (non-hydrogen) atoms. The Kier molecular flexibility index (Phi) is 3.13. The van der Waals surface area contributed by atoms with Gasteiger partial charge in [-0.25, -0.2) is 0 Å². The van der Waals surface area contributed by atoms with Crippen LogP contribution in [0.5, 0.6) is 0 Å². The normalized spacial score (nSPS) is 27.9. The second kappa shape index (κ2) is 4.36. The number of hydrogen-bond donors (Lipinski definition) is 1. The second-order valence-corrected chi connectivity index (χ2v) is 5.17. The molecule has 1 fully saturated rings. The van der Waals surface area contributed by atoms with E-state index < -0.39 is 0 Å². The highest BCUT2D eigenvalue weighted by molar-refractivity contribution is 8.00. The van der Waals surface area contributed by atoms with Gasteiger partial charge in [-0.2, -0.15) is 5.10 Å². The molecule has 1 aliphatic rings. The number of hydrogen-bond acceptors (Lipinski definition) is 3. The van der Waals surface area contributed by atoms with Gasteiger partial charge >= 0.3 is 0 Å². The van der Waals surface area contributed by atoms with Crippen LogP contribution >= 0.6 is 11.8 Å². The molecule has 0 spiro atoms. The van der Waals surface area contributed by atoms with Gasteiger partial charge in [-0.1, -0.05) is 12.8 Å². The van der Waals surface area contributed by atoms with E-state index in [1.165, 1.54) is 17.7 Å². The van der Waals surface area contributed by atoms with Gasteiger partial charge in [0.25, 0.3) is 0 Å². The minimum absolute atomic E-state index is 0.131. The quantitative estimate of drug-likeness (QED) is 0.812. The highest BCUT2D eigenvalue weighted by atomic mass is 32.2. The molecule has 0 aliphatic heterocycles. The van der Waals surface area contributed by atoms with Gasteiger partial charge in [0, 0.05) is 23.4 Å². The van der Waals surface area contributed by atoms with E-state index in [1.54, 1.807) is 16.4 Å². The van der Waals surface area contributed by atoms with Crippen LogP contribution in [0.15, 0.2) is 17.3 Å². The highest BCUT2D eigenvalue weighted by Gasteiger charge is 2.24. The van der Waals surface area contributed by atoms with E-state index in [0.29, 0.717) is 5.25 Å². The molecule has 2 atom stereocenters. The zero-order valence-electron chi connectivity index (χ0n) is 8.39. The number of aromatic nitrogens is 2. The Morgan fingerprint density at radius 3 is 2.93 bits per heavy atom. The van der Waals surface area contributed by atoms with Crippen molar-refractivity contribution in [2.45, 2.75) is 41.9 Å². The van der Waals surface area contributed by atoms with E-state index in [2.05, 4.69) is 5.10 Å². The van der Waals surface area contributed by atoms with Gasteiger partial charge in [-0.3, -0.25) is 4.68 Å². The van der Waals surface area contributed by atoms with Gasteiger partial charge in [-0.15, -0.1) is 11.8 Å². The molecule has 4 heteroatoms. The van der Waals surface area contributed by atoms with Gasteiger partial charge in [0.1, 0.15) is 0 Å². The van der Waals surface area contributed by atoms with Gasteiger partial charge in [-0.05, 0) is 12.8 Å².